The lowest BCUT2D eigenvalue weighted by atomic mass is 9.46. The van der Waals surface area contributed by atoms with Gasteiger partial charge in [-0.3, -0.25) is 19.2 Å². The van der Waals surface area contributed by atoms with Crippen molar-refractivity contribution >= 4 is 23.4 Å². The maximum atomic E-state index is 13.4. The summed E-state index contributed by atoms with van der Waals surface area (Å²) in [6.45, 7) is 5.26. The van der Waals surface area contributed by atoms with Crippen molar-refractivity contribution in [1.29, 1.82) is 0 Å². The molecule has 220 valence electrons. The first-order chi connectivity index (χ1) is 19.4. The third-order valence-electron chi connectivity index (χ3n) is 10.7. The lowest BCUT2D eigenvalue weighted by Crippen LogP contribution is -2.61. The van der Waals surface area contributed by atoms with Crippen LogP contribution in [-0.2, 0) is 23.9 Å². The number of esters is 1. The Kier molecular flexibility index (Phi) is 7.85. The average Bonchev–Trinajstić information content (AvgIpc) is 3.21. The highest BCUT2D eigenvalue weighted by atomic mass is 16.5. The molecule has 0 aliphatic heterocycles. The van der Waals surface area contributed by atoms with E-state index in [1.54, 1.807) is 12.2 Å². The Labute approximate surface area is 241 Å². The van der Waals surface area contributed by atoms with E-state index in [4.69, 9.17) is 4.74 Å². The molecule has 5 rings (SSSR count). The second-order valence-corrected chi connectivity index (χ2v) is 12.9. The van der Waals surface area contributed by atoms with Crippen LogP contribution >= 0.6 is 0 Å². The van der Waals surface area contributed by atoms with Crippen LogP contribution in [-0.4, -0.2) is 52.0 Å². The summed E-state index contributed by atoms with van der Waals surface area (Å²) in [7, 11) is 0. The fourth-order valence-electron chi connectivity index (χ4n) is 8.48. The van der Waals surface area contributed by atoms with Gasteiger partial charge in [-0.2, -0.15) is 0 Å². The van der Waals surface area contributed by atoms with Crippen molar-refractivity contribution in [3.63, 3.8) is 0 Å². The molecule has 0 bridgehead atoms. The molecule has 1 amide bonds. The highest BCUT2D eigenvalue weighted by Gasteiger charge is 2.68. The summed E-state index contributed by atoms with van der Waals surface area (Å²) in [5.41, 5.74) is -1.01. The van der Waals surface area contributed by atoms with E-state index < -0.39 is 40.9 Å². The number of Topliss-reactive ketones (excluding diaryl/α,β-unsaturated/α-hetero) is 1. The number of hydrogen-bond donors (Lipinski definition) is 3. The highest BCUT2D eigenvalue weighted by molar-refractivity contribution is 6.01. The summed E-state index contributed by atoms with van der Waals surface area (Å²) in [6, 6.07) is 9.29. The molecule has 8 nitrogen and oxygen atoms in total. The maximum absolute atomic E-state index is 13.4. The minimum Gasteiger partial charge on any atom is -0.458 e. The summed E-state index contributed by atoms with van der Waals surface area (Å²) in [4.78, 5) is 50.2. The van der Waals surface area contributed by atoms with Crippen LogP contribution in [0.2, 0.25) is 0 Å². The van der Waals surface area contributed by atoms with E-state index in [2.05, 4.69) is 12.2 Å². The second kappa shape index (κ2) is 11.0. The number of allylic oxidation sites excluding steroid dienone is 4. The summed E-state index contributed by atoms with van der Waals surface area (Å²) in [5, 5.41) is 26.1. The first kappa shape index (κ1) is 29.4. The lowest BCUT2D eigenvalue weighted by molar-refractivity contribution is -0.181. The smallest absolute Gasteiger partial charge is 0.306 e. The fraction of sp³-hybridized carbons (Fsp3) is 0.576. The third kappa shape index (κ3) is 5.10. The zero-order valence-corrected chi connectivity index (χ0v) is 24.1. The maximum Gasteiger partial charge on any atom is 0.306 e. The van der Waals surface area contributed by atoms with E-state index in [9.17, 15) is 29.4 Å². The van der Waals surface area contributed by atoms with Crippen molar-refractivity contribution < 1.29 is 34.1 Å². The minimum absolute atomic E-state index is 0.0141. The van der Waals surface area contributed by atoms with E-state index in [0.29, 0.717) is 6.42 Å². The van der Waals surface area contributed by atoms with Crippen molar-refractivity contribution in [2.24, 2.45) is 28.6 Å². The molecule has 1 aromatic carbocycles. The molecule has 0 saturated heterocycles. The van der Waals surface area contributed by atoms with Gasteiger partial charge in [-0.1, -0.05) is 55.8 Å². The first-order valence-electron chi connectivity index (χ1n) is 14.8. The molecular weight excluding hydrogens is 522 g/mol. The van der Waals surface area contributed by atoms with Gasteiger partial charge < -0.3 is 20.3 Å². The number of nitrogens with one attached hydrogen (secondary N) is 1. The quantitative estimate of drug-likeness (QED) is 0.411. The molecule has 8 heteroatoms. The standard InChI is InChI=1S/C33H41NO7/c1-20(21-7-5-4-6-8-21)34-28(38)11-12-29(39)41-19-27(37)33(40)16-14-25-24-10-9-22-17-23(35)13-15-31(22,2)30(24)26(36)18-32(25,33)3/h4-8,13,15,17,20,24-26,30,36,40H,9-12,14,16,18-19H2,1-3H3,(H,34,38)/t20-,24-,25+,26-,30-,31-,32-,33-/m0/s1. The average molecular weight is 564 g/mol. The predicted molar refractivity (Wildman–Crippen MR) is 151 cm³/mol. The molecule has 0 aromatic heterocycles. The van der Waals surface area contributed by atoms with Gasteiger partial charge in [0.25, 0.3) is 0 Å². The summed E-state index contributed by atoms with van der Waals surface area (Å²) in [5.74, 6) is -1.55. The Balaban J connectivity index is 1.18. The molecule has 0 radical (unpaired) electrons. The van der Waals surface area contributed by atoms with E-state index >= 15 is 0 Å². The number of amides is 1. The van der Waals surface area contributed by atoms with Crippen LogP contribution in [0.15, 0.2) is 54.1 Å². The molecule has 41 heavy (non-hydrogen) atoms. The molecular formula is C33H41NO7. The summed E-state index contributed by atoms with van der Waals surface area (Å²) >= 11 is 0. The third-order valence-corrected chi connectivity index (χ3v) is 10.7. The van der Waals surface area contributed by atoms with Gasteiger partial charge in [-0.05, 0) is 68.6 Å². The molecule has 0 heterocycles. The van der Waals surface area contributed by atoms with Crippen LogP contribution in [0.1, 0.15) is 77.3 Å². The fourth-order valence-corrected chi connectivity index (χ4v) is 8.48. The summed E-state index contributed by atoms with van der Waals surface area (Å²) < 4.78 is 5.24. The Morgan fingerprint density at radius 3 is 2.59 bits per heavy atom. The summed E-state index contributed by atoms with van der Waals surface area (Å²) in [6.07, 6.45) is 6.88. The van der Waals surface area contributed by atoms with Crippen LogP contribution < -0.4 is 5.32 Å². The number of carbonyl (C=O) groups is 4. The molecule has 1 aromatic rings. The van der Waals surface area contributed by atoms with Crippen LogP contribution in [0.5, 0.6) is 0 Å². The number of rotatable bonds is 8. The van der Waals surface area contributed by atoms with Gasteiger partial charge in [-0.15, -0.1) is 0 Å². The van der Waals surface area contributed by atoms with Crippen LogP contribution in [0.3, 0.4) is 0 Å². The van der Waals surface area contributed by atoms with Gasteiger partial charge >= 0.3 is 5.97 Å². The number of hydrogen-bond acceptors (Lipinski definition) is 7. The number of fused-ring (bicyclic) bond motifs is 5. The van der Waals surface area contributed by atoms with E-state index in [1.165, 1.54) is 0 Å². The van der Waals surface area contributed by atoms with Gasteiger partial charge in [0.05, 0.1) is 18.6 Å². The monoisotopic (exact) mass is 563 g/mol. The van der Waals surface area contributed by atoms with Crippen LogP contribution in [0.4, 0.5) is 0 Å². The molecule has 3 saturated carbocycles. The number of carbonyl (C=O) groups excluding carboxylic acids is 4. The molecule has 3 N–H and O–H groups in total. The number of aliphatic hydroxyl groups is 2. The van der Waals surface area contributed by atoms with Gasteiger partial charge in [0, 0.05) is 23.2 Å². The van der Waals surface area contributed by atoms with Crippen LogP contribution in [0, 0.1) is 28.6 Å². The molecule has 0 unspecified atom stereocenters. The van der Waals surface area contributed by atoms with E-state index in [1.807, 2.05) is 50.3 Å². The van der Waals surface area contributed by atoms with Crippen molar-refractivity contribution in [2.75, 3.05) is 6.61 Å². The Morgan fingerprint density at radius 2 is 1.85 bits per heavy atom. The highest BCUT2D eigenvalue weighted by Crippen LogP contribution is 2.67. The molecule has 3 fully saturated rings. The zero-order valence-electron chi connectivity index (χ0n) is 24.1. The van der Waals surface area contributed by atoms with Gasteiger partial charge in [0.15, 0.2) is 12.4 Å². The molecule has 8 atom stereocenters. The number of benzene rings is 1. The van der Waals surface area contributed by atoms with E-state index in [0.717, 1.165) is 24.0 Å². The largest absolute Gasteiger partial charge is 0.458 e. The van der Waals surface area contributed by atoms with Crippen molar-refractivity contribution in [1.82, 2.24) is 5.32 Å². The van der Waals surface area contributed by atoms with Gasteiger partial charge in [0.1, 0.15) is 5.60 Å². The zero-order chi connectivity index (χ0) is 29.6. The number of ketones is 2. The Bertz CT molecular complexity index is 1290. The minimum atomic E-state index is -1.72. The second-order valence-electron chi connectivity index (χ2n) is 12.9. The van der Waals surface area contributed by atoms with Crippen molar-refractivity contribution in [3.8, 4) is 0 Å². The van der Waals surface area contributed by atoms with E-state index in [-0.39, 0.29) is 61.2 Å². The SMILES string of the molecule is C[C@H](NC(=O)CCC(=O)OCC(=O)[C@@]1(O)CC[C@@H]2[C@@H]3CCC4=CC(=O)C=C[C@]4(C)[C@@H]3[C@@H](O)C[C@@]21C)c1ccccc1. The predicted octanol–water partition coefficient (Wildman–Crippen LogP) is 3.77. The van der Waals surface area contributed by atoms with Crippen LogP contribution in [0.25, 0.3) is 0 Å². The Morgan fingerprint density at radius 1 is 1.12 bits per heavy atom. The Hall–Kier alpha value is -3.10. The number of ether oxygens (including phenoxy) is 1. The van der Waals surface area contributed by atoms with Crippen molar-refractivity contribution in [2.45, 2.75) is 83.5 Å². The lowest BCUT2D eigenvalue weighted by Gasteiger charge is -2.59. The molecule has 0 spiro atoms. The van der Waals surface area contributed by atoms with Gasteiger partial charge in [0.2, 0.25) is 11.7 Å². The molecule has 4 aliphatic rings. The normalized spacial score (nSPS) is 36.3. The van der Waals surface area contributed by atoms with Crippen molar-refractivity contribution in [3.05, 3.63) is 59.7 Å². The first-order valence-corrected chi connectivity index (χ1v) is 14.8. The topological polar surface area (TPSA) is 130 Å². The molecule has 4 aliphatic carbocycles. The number of aliphatic hydroxyl groups excluding tert-OH is 1. The van der Waals surface area contributed by atoms with Gasteiger partial charge in [-0.25, -0.2) is 0 Å².